The van der Waals surface area contributed by atoms with Gasteiger partial charge in [-0.15, -0.1) is 0 Å². The van der Waals surface area contributed by atoms with Crippen LogP contribution in [0.25, 0.3) is 0 Å². The quantitative estimate of drug-likeness (QED) is 0.0810. The summed E-state index contributed by atoms with van der Waals surface area (Å²) in [5.74, 6) is 0. The second kappa shape index (κ2) is 17.9. The smallest absolute Gasteiger partial charge is 0.673 e. The second-order valence-corrected chi connectivity index (χ2v) is 14.2. The Hall–Kier alpha value is -1.04. The number of nitrogens with zero attached hydrogens (tertiary/aromatic N) is 1. The molecule has 0 fully saturated rings. The SMILES string of the molecule is CC[N+](CC)(CC)CCCCCC[c-]1cc(C(C)(C)C)c(C(C)(C)C)c1C(C)(C)C.F[B-](F)(F)F.[Fe].[cH-]1[cH-][cH-][cH-][cH-]1. The third-order valence-electron chi connectivity index (χ3n) is 7.86. The van der Waals surface area contributed by atoms with Gasteiger partial charge in [-0.05, 0) is 39.0 Å². The third kappa shape index (κ3) is 16.4. The van der Waals surface area contributed by atoms with Crippen molar-refractivity contribution in [3.8, 4) is 0 Å². The van der Waals surface area contributed by atoms with Crippen molar-refractivity contribution in [2.45, 2.75) is 131 Å². The van der Waals surface area contributed by atoms with Gasteiger partial charge < -0.3 is 52.1 Å². The van der Waals surface area contributed by atoms with E-state index in [2.05, 4.69) is 89.2 Å². The monoisotopic (exact) mass is 625 g/mol. The van der Waals surface area contributed by atoms with Crippen molar-refractivity contribution in [3.05, 3.63) is 58.7 Å². The van der Waals surface area contributed by atoms with E-state index in [0.717, 1.165) is 0 Å². The molecule has 0 atom stereocenters. The maximum absolute atomic E-state index is 9.75. The summed E-state index contributed by atoms with van der Waals surface area (Å²) in [6.45, 7) is 33.8. The summed E-state index contributed by atoms with van der Waals surface area (Å²) < 4.78 is 40.3. The fourth-order valence-electron chi connectivity index (χ4n) is 5.62. The normalized spacial score (nSPS) is 12.6. The van der Waals surface area contributed by atoms with Crippen LogP contribution >= 0.6 is 0 Å². The predicted molar refractivity (Wildman–Crippen MR) is 169 cm³/mol. The van der Waals surface area contributed by atoms with Crippen LogP contribution in [0.3, 0.4) is 0 Å². The zero-order chi connectivity index (χ0) is 31.4. The molecule has 2 aromatic carbocycles. The molecule has 0 aliphatic rings. The number of aryl methyl sites for hydroxylation is 1. The molecule has 0 heterocycles. The Kier molecular flexibility index (Phi) is 18.4. The number of quaternary nitrogens is 1. The van der Waals surface area contributed by atoms with Crippen molar-refractivity contribution in [1.82, 2.24) is 0 Å². The molecule has 2 rings (SSSR count). The Morgan fingerprint density at radius 2 is 1.05 bits per heavy atom. The number of rotatable bonds is 10. The average Bonchev–Trinajstić information content (AvgIpc) is 3.49. The zero-order valence-electron chi connectivity index (χ0n) is 28.2. The van der Waals surface area contributed by atoms with E-state index in [0.29, 0.717) is 0 Å². The van der Waals surface area contributed by atoms with Crippen molar-refractivity contribution in [1.29, 1.82) is 0 Å². The molecular formula is C34H60BF4FeN-6. The summed E-state index contributed by atoms with van der Waals surface area (Å²) in [7, 11) is -6.00. The van der Waals surface area contributed by atoms with Crippen LogP contribution < -0.4 is 0 Å². The van der Waals surface area contributed by atoms with Gasteiger partial charge in [-0.3, -0.25) is 0 Å². The van der Waals surface area contributed by atoms with Crippen molar-refractivity contribution >= 4 is 7.25 Å². The van der Waals surface area contributed by atoms with Gasteiger partial charge in [0.1, 0.15) is 0 Å². The van der Waals surface area contributed by atoms with Crippen LogP contribution in [0, 0.1) is 0 Å². The third-order valence-corrected chi connectivity index (χ3v) is 7.86. The van der Waals surface area contributed by atoms with Gasteiger partial charge in [-0.2, -0.15) is 28.3 Å². The minimum absolute atomic E-state index is 0. The second-order valence-electron chi connectivity index (χ2n) is 14.2. The molecule has 0 saturated carbocycles. The van der Waals surface area contributed by atoms with E-state index in [4.69, 9.17) is 0 Å². The number of hydrogen-bond acceptors (Lipinski definition) is 0. The van der Waals surface area contributed by atoms with E-state index in [1.165, 1.54) is 62.8 Å². The molecule has 0 N–H and O–H groups in total. The van der Waals surface area contributed by atoms with Crippen LogP contribution in [0.5, 0.6) is 0 Å². The van der Waals surface area contributed by atoms with E-state index >= 15 is 0 Å². The van der Waals surface area contributed by atoms with Gasteiger partial charge in [0.15, 0.2) is 0 Å². The van der Waals surface area contributed by atoms with Gasteiger partial charge in [0, 0.05) is 17.1 Å². The van der Waals surface area contributed by atoms with E-state index in [1.807, 2.05) is 30.3 Å². The molecule has 0 bridgehead atoms. The van der Waals surface area contributed by atoms with Crippen molar-refractivity contribution in [3.63, 3.8) is 0 Å². The molecule has 0 aliphatic carbocycles. The van der Waals surface area contributed by atoms with E-state index in [9.17, 15) is 17.3 Å². The van der Waals surface area contributed by atoms with E-state index < -0.39 is 7.25 Å². The molecule has 2 aromatic rings. The van der Waals surface area contributed by atoms with Gasteiger partial charge in [0.2, 0.25) is 0 Å². The first kappa shape index (κ1) is 42.1. The Labute approximate surface area is 261 Å². The van der Waals surface area contributed by atoms with Crippen LogP contribution in [0.4, 0.5) is 17.3 Å². The van der Waals surface area contributed by atoms with Gasteiger partial charge >= 0.3 is 7.25 Å². The maximum Gasteiger partial charge on any atom is 0.673 e. The largest absolute Gasteiger partial charge is 0.748 e. The molecule has 0 spiro atoms. The maximum atomic E-state index is 9.75. The molecule has 246 valence electrons. The van der Waals surface area contributed by atoms with Crippen LogP contribution in [0.1, 0.15) is 131 Å². The number of halogens is 4. The first-order valence-electron chi connectivity index (χ1n) is 15.4. The van der Waals surface area contributed by atoms with Gasteiger partial charge in [-0.25, -0.2) is 0 Å². The summed E-state index contributed by atoms with van der Waals surface area (Å²) in [5.41, 5.74) is 7.03. The zero-order valence-corrected chi connectivity index (χ0v) is 29.3. The molecule has 0 aromatic heterocycles. The first-order valence-corrected chi connectivity index (χ1v) is 15.4. The predicted octanol–water partition coefficient (Wildman–Crippen LogP) is 11.0. The Bertz CT molecular complexity index is 891. The number of hydrogen-bond donors (Lipinski definition) is 0. The Morgan fingerprint density at radius 3 is 1.37 bits per heavy atom. The van der Waals surface area contributed by atoms with Crippen LogP contribution in [-0.2, 0) is 39.7 Å². The number of unbranched alkanes of at least 4 members (excludes halogenated alkanes) is 3. The van der Waals surface area contributed by atoms with Gasteiger partial charge in [0.25, 0.3) is 0 Å². The fourth-order valence-corrected chi connectivity index (χ4v) is 5.62. The standard InChI is InChI=1S/C29H55N.C5H5.BF4.Fe/c1-13-30(14-2,15-3)21-19-17-16-18-20-23-22-24(27(4,5)6)26(29(10,11)12)25(23)28(7,8)9;1-2-4-5-3-1;2-1(3,4)5;/h22H,13-21H2,1-12H3;1-5H;;/q;-5;-1;. The molecule has 41 heavy (non-hydrogen) atoms. The minimum Gasteiger partial charge on any atom is -0.748 e. The van der Waals surface area contributed by atoms with E-state index in [-0.39, 0.29) is 33.3 Å². The van der Waals surface area contributed by atoms with Gasteiger partial charge in [-0.1, -0.05) is 92.4 Å². The summed E-state index contributed by atoms with van der Waals surface area (Å²) in [6.07, 6.45) is 6.68. The van der Waals surface area contributed by atoms with Crippen molar-refractivity contribution < 1.29 is 38.8 Å². The van der Waals surface area contributed by atoms with Crippen LogP contribution in [0.2, 0.25) is 0 Å². The van der Waals surface area contributed by atoms with Crippen LogP contribution in [-0.4, -0.2) is 37.9 Å². The minimum atomic E-state index is -6.00. The summed E-state index contributed by atoms with van der Waals surface area (Å²) >= 11 is 0. The molecule has 0 radical (unpaired) electrons. The first-order chi connectivity index (χ1) is 18.1. The summed E-state index contributed by atoms with van der Waals surface area (Å²) in [4.78, 5) is 0. The fraction of sp³-hybridized carbons (Fsp3) is 0.706. The molecule has 7 heteroatoms. The average molecular weight is 626 g/mol. The van der Waals surface area contributed by atoms with E-state index in [1.54, 1.807) is 22.3 Å². The molecular weight excluding hydrogens is 565 g/mol. The Balaban J connectivity index is 0. The van der Waals surface area contributed by atoms with Crippen LogP contribution in [0.15, 0.2) is 36.4 Å². The molecule has 0 saturated heterocycles. The molecule has 0 aliphatic heterocycles. The molecule has 0 unspecified atom stereocenters. The summed E-state index contributed by atoms with van der Waals surface area (Å²) in [6, 6.07) is 12.6. The molecule has 0 amide bonds. The molecule has 1 nitrogen and oxygen atoms in total. The van der Waals surface area contributed by atoms with Gasteiger partial charge in [0.05, 0.1) is 26.2 Å². The summed E-state index contributed by atoms with van der Waals surface area (Å²) in [5, 5.41) is 0. The Morgan fingerprint density at radius 1 is 0.659 bits per heavy atom. The van der Waals surface area contributed by atoms with Crippen molar-refractivity contribution in [2.75, 3.05) is 26.2 Å². The van der Waals surface area contributed by atoms with Crippen molar-refractivity contribution in [2.24, 2.45) is 0 Å². The topological polar surface area (TPSA) is 0 Å².